The average molecular weight is 367 g/mol. The molecule has 0 aliphatic rings. The summed E-state index contributed by atoms with van der Waals surface area (Å²) in [6.07, 6.45) is -1.09. The van der Waals surface area contributed by atoms with E-state index in [1.807, 2.05) is 36.4 Å². The van der Waals surface area contributed by atoms with Crippen molar-refractivity contribution in [3.63, 3.8) is 0 Å². The predicted molar refractivity (Wildman–Crippen MR) is 100 cm³/mol. The highest BCUT2D eigenvalue weighted by atomic mass is 19.1. The lowest BCUT2D eigenvalue weighted by molar-refractivity contribution is -0.123. The van der Waals surface area contributed by atoms with Crippen molar-refractivity contribution in [2.75, 3.05) is 12.4 Å². The van der Waals surface area contributed by atoms with Gasteiger partial charge in [-0.1, -0.05) is 30.3 Å². The molecular weight excluding hydrogens is 349 g/mol. The summed E-state index contributed by atoms with van der Waals surface area (Å²) < 4.78 is 23.9. The van der Waals surface area contributed by atoms with Gasteiger partial charge in [-0.05, 0) is 42.0 Å². The van der Waals surface area contributed by atoms with Crippen LogP contribution in [0.15, 0.2) is 60.7 Å². The Morgan fingerprint density at radius 3 is 2.44 bits per heavy atom. The monoisotopic (exact) mass is 367 g/mol. The number of esters is 1. The molecule has 0 radical (unpaired) electrons. The molecule has 0 heterocycles. The first kappa shape index (κ1) is 18.4. The van der Waals surface area contributed by atoms with Crippen LogP contribution in [0.2, 0.25) is 0 Å². The first-order valence-corrected chi connectivity index (χ1v) is 8.32. The van der Waals surface area contributed by atoms with Crippen LogP contribution in [0.4, 0.5) is 10.1 Å². The van der Waals surface area contributed by atoms with Crippen molar-refractivity contribution in [2.24, 2.45) is 0 Å². The number of ether oxygens (including phenoxy) is 2. The minimum atomic E-state index is -1.09. The van der Waals surface area contributed by atoms with Crippen LogP contribution < -0.4 is 10.1 Å². The van der Waals surface area contributed by atoms with Gasteiger partial charge in [0.1, 0.15) is 11.6 Å². The topological polar surface area (TPSA) is 64.6 Å². The molecule has 0 aliphatic heterocycles. The summed E-state index contributed by atoms with van der Waals surface area (Å²) in [6, 6.07) is 17.0. The van der Waals surface area contributed by atoms with E-state index < -0.39 is 23.8 Å². The highest BCUT2D eigenvalue weighted by Crippen LogP contribution is 2.20. The maximum Gasteiger partial charge on any atom is 0.341 e. The lowest BCUT2D eigenvalue weighted by Gasteiger charge is -2.14. The number of benzene rings is 3. The molecule has 27 heavy (non-hydrogen) atoms. The molecule has 0 bridgehead atoms. The lowest BCUT2D eigenvalue weighted by Crippen LogP contribution is -2.30. The van der Waals surface area contributed by atoms with Crippen molar-refractivity contribution in [3.05, 3.63) is 72.0 Å². The number of methoxy groups -OCH3 is 1. The fraction of sp³-hybridized carbons (Fsp3) is 0.143. The quantitative estimate of drug-likeness (QED) is 0.688. The van der Waals surface area contributed by atoms with E-state index in [9.17, 15) is 14.0 Å². The molecule has 3 aromatic rings. The average Bonchev–Trinajstić information content (AvgIpc) is 2.67. The highest BCUT2D eigenvalue weighted by molar-refractivity contribution is 5.99. The molecule has 0 aromatic heterocycles. The Balaban J connectivity index is 1.66. The zero-order valence-corrected chi connectivity index (χ0v) is 14.9. The van der Waals surface area contributed by atoms with Crippen LogP contribution >= 0.6 is 0 Å². The third-order valence-electron chi connectivity index (χ3n) is 4.07. The molecule has 1 amide bonds. The third-order valence-corrected chi connectivity index (χ3v) is 4.07. The van der Waals surface area contributed by atoms with E-state index in [2.05, 4.69) is 5.32 Å². The summed E-state index contributed by atoms with van der Waals surface area (Å²) >= 11 is 0. The molecule has 0 aliphatic carbocycles. The van der Waals surface area contributed by atoms with Gasteiger partial charge in [0.2, 0.25) is 0 Å². The van der Waals surface area contributed by atoms with Crippen LogP contribution in [0.1, 0.15) is 17.3 Å². The number of fused-ring (bicyclic) bond motifs is 1. The SMILES string of the molecule is COc1ccc(C(=O)O[C@H](C)C(=O)Nc2ccc3ccccc3c2)c(F)c1. The van der Waals surface area contributed by atoms with Crippen LogP contribution in [0.25, 0.3) is 10.8 Å². The van der Waals surface area contributed by atoms with Crippen molar-refractivity contribution in [1.29, 1.82) is 0 Å². The van der Waals surface area contributed by atoms with Gasteiger partial charge in [-0.2, -0.15) is 0 Å². The Kier molecular flexibility index (Phi) is 5.35. The zero-order chi connectivity index (χ0) is 19.4. The van der Waals surface area contributed by atoms with Crippen molar-refractivity contribution >= 4 is 28.3 Å². The Hall–Kier alpha value is -3.41. The van der Waals surface area contributed by atoms with Gasteiger partial charge >= 0.3 is 5.97 Å². The van der Waals surface area contributed by atoms with Gasteiger partial charge in [0.25, 0.3) is 5.91 Å². The number of halogens is 1. The fourth-order valence-corrected chi connectivity index (χ4v) is 2.58. The van der Waals surface area contributed by atoms with E-state index in [0.717, 1.165) is 16.8 Å². The number of carbonyl (C=O) groups is 2. The smallest absolute Gasteiger partial charge is 0.341 e. The van der Waals surface area contributed by atoms with Crippen molar-refractivity contribution in [2.45, 2.75) is 13.0 Å². The van der Waals surface area contributed by atoms with E-state index in [4.69, 9.17) is 9.47 Å². The number of rotatable bonds is 5. The second-order valence-electron chi connectivity index (χ2n) is 5.94. The second-order valence-corrected chi connectivity index (χ2v) is 5.94. The highest BCUT2D eigenvalue weighted by Gasteiger charge is 2.21. The van der Waals surface area contributed by atoms with Crippen LogP contribution in [-0.2, 0) is 9.53 Å². The van der Waals surface area contributed by atoms with Gasteiger partial charge in [0.05, 0.1) is 12.7 Å². The van der Waals surface area contributed by atoms with Crippen LogP contribution in [0.3, 0.4) is 0 Å². The van der Waals surface area contributed by atoms with Crippen molar-refractivity contribution in [3.8, 4) is 5.75 Å². The summed E-state index contributed by atoms with van der Waals surface area (Å²) in [5.41, 5.74) is 0.318. The maximum atomic E-state index is 14.0. The fourth-order valence-electron chi connectivity index (χ4n) is 2.58. The molecule has 3 aromatic carbocycles. The molecule has 0 spiro atoms. The van der Waals surface area contributed by atoms with Crippen LogP contribution in [0, 0.1) is 5.82 Å². The largest absolute Gasteiger partial charge is 0.497 e. The normalized spacial score (nSPS) is 11.7. The van der Waals surface area contributed by atoms with Gasteiger partial charge < -0.3 is 14.8 Å². The second kappa shape index (κ2) is 7.86. The minimum absolute atomic E-state index is 0.263. The summed E-state index contributed by atoms with van der Waals surface area (Å²) in [5, 5.41) is 4.71. The van der Waals surface area contributed by atoms with Crippen LogP contribution in [-0.4, -0.2) is 25.1 Å². The van der Waals surface area contributed by atoms with Gasteiger partial charge in [0.15, 0.2) is 6.10 Å². The molecular formula is C21H18FNO4. The van der Waals surface area contributed by atoms with E-state index in [0.29, 0.717) is 5.69 Å². The molecule has 0 saturated heterocycles. The lowest BCUT2D eigenvalue weighted by atomic mass is 10.1. The van der Waals surface area contributed by atoms with Gasteiger partial charge in [-0.25, -0.2) is 9.18 Å². The Morgan fingerprint density at radius 2 is 1.74 bits per heavy atom. The van der Waals surface area contributed by atoms with Crippen LogP contribution in [0.5, 0.6) is 5.75 Å². The van der Waals surface area contributed by atoms with E-state index in [1.165, 1.54) is 26.2 Å². The van der Waals surface area contributed by atoms with Gasteiger partial charge in [-0.15, -0.1) is 0 Å². The Morgan fingerprint density at radius 1 is 1.00 bits per heavy atom. The first-order chi connectivity index (χ1) is 13.0. The van der Waals surface area contributed by atoms with E-state index in [-0.39, 0.29) is 11.3 Å². The minimum Gasteiger partial charge on any atom is -0.497 e. The summed E-state index contributed by atoms with van der Waals surface area (Å²) in [5.74, 6) is -1.92. The first-order valence-electron chi connectivity index (χ1n) is 8.32. The molecule has 3 rings (SSSR count). The summed E-state index contributed by atoms with van der Waals surface area (Å²) in [4.78, 5) is 24.4. The summed E-state index contributed by atoms with van der Waals surface area (Å²) in [6.45, 7) is 1.43. The number of hydrogen-bond acceptors (Lipinski definition) is 4. The molecule has 0 saturated carbocycles. The summed E-state index contributed by atoms with van der Waals surface area (Å²) in [7, 11) is 1.39. The number of nitrogens with one attached hydrogen (secondary N) is 1. The van der Waals surface area contributed by atoms with Crippen molar-refractivity contribution in [1.82, 2.24) is 0 Å². The molecule has 138 valence electrons. The maximum absolute atomic E-state index is 14.0. The molecule has 6 heteroatoms. The van der Waals surface area contributed by atoms with Gasteiger partial charge in [0, 0.05) is 11.8 Å². The Labute approximate surface area is 155 Å². The number of carbonyl (C=O) groups excluding carboxylic acids is 2. The molecule has 1 N–H and O–H groups in total. The third kappa shape index (κ3) is 4.23. The molecule has 5 nitrogen and oxygen atoms in total. The molecule has 1 atom stereocenters. The van der Waals surface area contributed by atoms with E-state index >= 15 is 0 Å². The molecule has 0 fully saturated rings. The number of hydrogen-bond donors (Lipinski definition) is 1. The Bertz CT molecular complexity index is 1000. The number of anilines is 1. The van der Waals surface area contributed by atoms with Crippen molar-refractivity contribution < 1.29 is 23.5 Å². The van der Waals surface area contributed by atoms with E-state index in [1.54, 1.807) is 6.07 Å². The number of amides is 1. The molecule has 0 unspecified atom stereocenters. The van der Waals surface area contributed by atoms with Gasteiger partial charge in [-0.3, -0.25) is 4.79 Å². The zero-order valence-electron chi connectivity index (χ0n) is 14.9. The standard InChI is InChI=1S/C21H18FNO4/c1-13(27-21(25)18-10-9-17(26-2)12-19(18)22)20(24)23-16-8-7-14-5-3-4-6-15(14)11-16/h3-13H,1-2H3,(H,23,24)/t13-/m1/s1. The predicted octanol–water partition coefficient (Wildman–Crippen LogP) is 4.17.